The summed E-state index contributed by atoms with van der Waals surface area (Å²) in [5.74, 6) is -1.92. The van der Waals surface area contributed by atoms with Gasteiger partial charge in [-0.3, -0.25) is 23.7 Å². The van der Waals surface area contributed by atoms with Crippen molar-refractivity contribution in [2.75, 3.05) is 13.2 Å². The quantitative estimate of drug-likeness (QED) is 0.506. The molecular weight excluding hydrogens is 388 g/mol. The van der Waals surface area contributed by atoms with Crippen LogP contribution < -0.4 is 5.32 Å². The van der Waals surface area contributed by atoms with Gasteiger partial charge in [-0.2, -0.15) is 0 Å². The van der Waals surface area contributed by atoms with Crippen LogP contribution in [-0.4, -0.2) is 71.0 Å². The number of ether oxygens (including phenoxy) is 4. The number of rotatable bonds is 5. The molecule has 1 aromatic heterocycles. The molecule has 2 aliphatic rings. The van der Waals surface area contributed by atoms with Gasteiger partial charge >= 0.3 is 17.9 Å². The Balaban J connectivity index is 1.99. The monoisotopic (exact) mass is 408 g/mol. The van der Waals surface area contributed by atoms with Crippen molar-refractivity contribution < 1.29 is 38.1 Å². The molecule has 1 N–H and O–H groups in total. The summed E-state index contributed by atoms with van der Waals surface area (Å²) >= 11 is 0. The largest absolute Gasteiger partial charge is 0.463 e. The Morgan fingerprint density at radius 2 is 1.86 bits per heavy atom. The number of hydrogen-bond acceptors (Lipinski definition) is 11. The summed E-state index contributed by atoms with van der Waals surface area (Å²) in [6, 6.07) is 0. The molecule has 29 heavy (non-hydrogen) atoms. The van der Waals surface area contributed by atoms with E-state index in [2.05, 4.69) is 15.3 Å². The summed E-state index contributed by atoms with van der Waals surface area (Å²) in [5, 5.41) is 2.72. The van der Waals surface area contributed by atoms with E-state index >= 15 is 0 Å². The molecule has 3 rings (SSSR count). The molecular formula is C17H20N4O8. The van der Waals surface area contributed by atoms with Crippen LogP contribution in [0, 0.1) is 0 Å². The van der Waals surface area contributed by atoms with E-state index in [1.54, 1.807) is 0 Å². The lowest BCUT2D eigenvalue weighted by Crippen LogP contribution is -2.40. The molecule has 0 saturated carbocycles. The molecule has 0 bridgehead atoms. The summed E-state index contributed by atoms with van der Waals surface area (Å²) in [4.78, 5) is 54.9. The molecule has 156 valence electrons. The zero-order valence-corrected chi connectivity index (χ0v) is 16.0. The maximum atomic E-state index is 12.2. The second-order valence-electron chi connectivity index (χ2n) is 6.40. The van der Waals surface area contributed by atoms with Gasteiger partial charge in [-0.25, -0.2) is 9.98 Å². The molecule has 12 heteroatoms. The summed E-state index contributed by atoms with van der Waals surface area (Å²) in [6.45, 7) is 3.40. The Kier molecular flexibility index (Phi) is 5.92. The predicted octanol–water partition coefficient (Wildman–Crippen LogP) is -0.347. The standard InChI is InChI=1S/C17H20N4O8/c1-8(22)26-5-12-14(27-9(2)23)15(28-10(3)24)17(29-12)21-7-20-13-11(25)4-18-6-19-16(13)21/h6-7,12,14-15,17H,4-5H2,1-3H3,(H,18,19)/t12-,14-,15-,17-/m1/s1. The zero-order chi connectivity index (χ0) is 21.1. The summed E-state index contributed by atoms with van der Waals surface area (Å²) in [5.41, 5.74) is 0.115. The normalized spacial score (nSPS) is 25.6. The number of carbonyl (C=O) groups excluding carboxylic acids is 4. The number of esters is 3. The Morgan fingerprint density at radius 1 is 1.17 bits per heavy atom. The second kappa shape index (κ2) is 8.39. The average Bonchev–Trinajstić information content (AvgIpc) is 3.12. The van der Waals surface area contributed by atoms with Crippen LogP contribution in [0.3, 0.4) is 0 Å². The first-order chi connectivity index (χ1) is 13.8. The maximum Gasteiger partial charge on any atom is 0.303 e. The predicted molar refractivity (Wildman–Crippen MR) is 94.4 cm³/mol. The molecule has 0 unspecified atom stereocenters. The molecule has 12 nitrogen and oxygen atoms in total. The Bertz CT molecular complexity index is 864. The number of aliphatic imine (C=N–C) groups is 1. The third kappa shape index (κ3) is 4.42. The van der Waals surface area contributed by atoms with Crippen LogP contribution in [0.15, 0.2) is 11.3 Å². The smallest absolute Gasteiger partial charge is 0.303 e. The van der Waals surface area contributed by atoms with Gasteiger partial charge in [0.2, 0.25) is 5.78 Å². The van der Waals surface area contributed by atoms with E-state index in [0.717, 1.165) is 0 Å². The number of fused-ring (bicyclic) bond motifs is 1. The molecule has 0 spiro atoms. The van der Waals surface area contributed by atoms with Crippen LogP contribution in [0.4, 0.5) is 5.82 Å². The van der Waals surface area contributed by atoms with Gasteiger partial charge in [-0.1, -0.05) is 0 Å². The van der Waals surface area contributed by atoms with Gasteiger partial charge < -0.3 is 24.3 Å². The first kappa shape index (κ1) is 20.5. The minimum atomic E-state index is -1.09. The van der Waals surface area contributed by atoms with Crippen LogP contribution in [0.1, 0.15) is 37.5 Å². The van der Waals surface area contributed by atoms with Gasteiger partial charge in [0.1, 0.15) is 12.7 Å². The van der Waals surface area contributed by atoms with Gasteiger partial charge in [0.25, 0.3) is 0 Å². The van der Waals surface area contributed by atoms with Crippen molar-refractivity contribution in [1.29, 1.82) is 0 Å². The first-order valence-corrected chi connectivity index (χ1v) is 8.77. The molecule has 4 atom stereocenters. The van der Waals surface area contributed by atoms with E-state index in [1.807, 2.05) is 0 Å². The molecule has 2 aliphatic heterocycles. The summed E-state index contributed by atoms with van der Waals surface area (Å²) < 4.78 is 23.0. The van der Waals surface area contributed by atoms with Gasteiger partial charge in [0.15, 0.2) is 29.9 Å². The fourth-order valence-corrected chi connectivity index (χ4v) is 3.11. The number of imidazole rings is 1. The number of nitrogens with zero attached hydrogens (tertiary/aromatic N) is 3. The lowest BCUT2D eigenvalue weighted by Gasteiger charge is -2.24. The van der Waals surface area contributed by atoms with Gasteiger partial charge in [-0.05, 0) is 0 Å². The van der Waals surface area contributed by atoms with Crippen LogP contribution in [0.5, 0.6) is 0 Å². The lowest BCUT2D eigenvalue weighted by atomic mass is 10.1. The lowest BCUT2D eigenvalue weighted by molar-refractivity contribution is -0.166. The third-order valence-corrected chi connectivity index (χ3v) is 4.19. The topological polar surface area (TPSA) is 147 Å². The fraction of sp³-hybridized carbons (Fsp3) is 0.529. The minimum absolute atomic E-state index is 0.0254. The Hall–Kier alpha value is -3.28. The second-order valence-corrected chi connectivity index (χ2v) is 6.40. The van der Waals surface area contributed by atoms with Crippen LogP contribution in [0.25, 0.3) is 0 Å². The summed E-state index contributed by atoms with van der Waals surface area (Å²) in [7, 11) is 0. The van der Waals surface area contributed by atoms with E-state index < -0.39 is 42.4 Å². The Morgan fingerprint density at radius 3 is 2.52 bits per heavy atom. The van der Waals surface area contributed by atoms with Crippen molar-refractivity contribution in [2.45, 2.75) is 45.3 Å². The molecule has 1 fully saturated rings. The van der Waals surface area contributed by atoms with Gasteiger partial charge in [0, 0.05) is 20.8 Å². The number of ketones is 1. The molecule has 0 aliphatic carbocycles. The zero-order valence-electron chi connectivity index (χ0n) is 16.0. The molecule has 0 radical (unpaired) electrons. The molecule has 3 heterocycles. The molecule has 1 saturated heterocycles. The van der Waals surface area contributed by atoms with E-state index in [9.17, 15) is 19.2 Å². The number of carbonyl (C=O) groups is 4. The van der Waals surface area contributed by atoms with Crippen molar-refractivity contribution in [3.05, 3.63) is 12.0 Å². The average molecular weight is 408 g/mol. The van der Waals surface area contributed by atoms with E-state index in [0.29, 0.717) is 0 Å². The van der Waals surface area contributed by atoms with Gasteiger partial charge in [-0.15, -0.1) is 0 Å². The van der Waals surface area contributed by atoms with Crippen LogP contribution in [0.2, 0.25) is 0 Å². The molecule has 0 aromatic carbocycles. The Labute approximate surface area is 165 Å². The highest BCUT2D eigenvalue weighted by Gasteiger charge is 2.51. The van der Waals surface area contributed by atoms with E-state index in [4.69, 9.17) is 18.9 Å². The van der Waals surface area contributed by atoms with Crippen LogP contribution >= 0.6 is 0 Å². The first-order valence-electron chi connectivity index (χ1n) is 8.77. The van der Waals surface area contributed by atoms with Crippen molar-refractivity contribution >= 4 is 35.8 Å². The third-order valence-electron chi connectivity index (χ3n) is 4.19. The fourth-order valence-electron chi connectivity index (χ4n) is 3.11. The van der Waals surface area contributed by atoms with Crippen molar-refractivity contribution in [2.24, 2.45) is 4.99 Å². The number of aromatic nitrogens is 2. The number of Topliss-reactive ketones (excluding diaryl/α,β-unsaturated/α-hetero) is 1. The van der Waals surface area contributed by atoms with E-state index in [1.165, 1.54) is 38.0 Å². The highest BCUT2D eigenvalue weighted by atomic mass is 16.7. The summed E-state index contributed by atoms with van der Waals surface area (Å²) in [6.07, 6.45) is -1.41. The molecule has 1 aromatic rings. The van der Waals surface area contributed by atoms with Crippen molar-refractivity contribution in [3.8, 4) is 0 Å². The van der Waals surface area contributed by atoms with Crippen molar-refractivity contribution in [3.63, 3.8) is 0 Å². The SMILES string of the molecule is CC(=O)OC[C@H]1O[C@@H](n2cnc3c2N=CNCC3=O)[C@H](OC(C)=O)[C@@H]1OC(C)=O. The van der Waals surface area contributed by atoms with Crippen molar-refractivity contribution in [1.82, 2.24) is 14.9 Å². The highest BCUT2D eigenvalue weighted by Crippen LogP contribution is 2.37. The van der Waals surface area contributed by atoms with Gasteiger partial charge in [0.05, 0.1) is 19.2 Å². The number of nitrogens with one attached hydrogen (secondary N) is 1. The number of hydrogen-bond donors (Lipinski definition) is 1. The molecule has 0 amide bonds. The highest BCUT2D eigenvalue weighted by molar-refractivity contribution is 6.01. The van der Waals surface area contributed by atoms with E-state index in [-0.39, 0.29) is 30.4 Å². The minimum Gasteiger partial charge on any atom is -0.463 e. The van der Waals surface area contributed by atoms with Crippen LogP contribution in [-0.2, 0) is 33.3 Å². The maximum absolute atomic E-state index is 12.2.